The lowest BCUT2D eigenvalue weighted by atomic mass is 9.48. The van der Waals surface area contributed by atoms with Gasteiger partial charge in [0.2, 0.25) is 0 Å². The summed E-state index contributed by atoms with van der Waals surface area (Å²) in [5.41, 5.74) is 5.76. The Hall–Kier alpha value is -3.13. The summed E-state index contributed by atoms with van der Waals surface area (Å²) in [5, 5.41) is 0. The molecule has 2 heteroatoms. The Bertz CT molecular complexity index is 1180. The molecule has 0 amide bonds. The molecule has 0 spiro atoms. The molecule has 34 heavy (non-hydrogen) atoms. The van der Waals surface area contributed by atoms with Crippen molar-refractivity contribution in [1.29, 1.82) is 0 Å². The van der Waals surface area contributed by atoms with Crippen molar-refractivity contribution in [3.8, 4) is 16.9 Å². The van der Waals surface area contributed by atoms with Gasteiger partial charge in [0.05, 0.1) is 7.11 Å². The number of hydrogen-bond acceptors (Lipinski definition) is 2. The molecular weight excluding hydrogens is 416 g/mol. The van der Waals surface area contributed by atoms with Gasteiger partial charge in [-0.05, 0) is 103 Å². The fourth-order valence-electron chi connectivity index (χ4n) is 7.38. The molecule has 0 aliphatic heterocycles. The molecule has 0 unspecified atom stereocenters. The van der Waals surface area contributed by atoms with E-state index in [9.17, 15) is 4.79 Å². The fraction of sp³-hybridized carbons (Fsp3) is 0.344. The maximum atomic E-state index is 12.9. The third kappa shape index (κ3) is 3.90. The Morgan fingerprint density at radius 1 is 0.824 bits per heavy atom. The van der Waals surface area contributed by atoms with E-state index >= 15 is 0 Å². The van der Waals surface area contributed by atoms with E-state index in [1.54, 1.807) is 13.2 Å². The van der Waals surface area contributed by atoms with Gasteiger partial charge >= 0.3 is 0 Å². The molecule has 2 nitrogen and oxygen atoms in total. The summed E-state index contributed by atoms with van der Waals surface area (Å²) in [5.74, 6) is 3.58. The number of ketones is 1. The van der Waals surface area contributed by atoms with Crippen LogP contribution in [0.3, 0.4) is 0 Å². The third-order valence-electron chi connectivity index (χ3n) is 8.57. The van der Waals surface area contributed by atoms with Crippen LogP contribution in [-0.2, 0) is 5.41 Å². The minimum atomic E-state index is 0.0156. The van der Waals surface area contributed by atoms with Gasteiger partial charge in [-0.1, -0.05) is 60.7 Å². The van der Waals surface area contributed by atoms with E-state index < -0.39 is 0 Å². The van der Waals surface area contributed by atoms with Crippen LogP contribution in [0.25, 0.3) is 17.2 Å². The molecule has 4 bridgehead atoms. The van der Waals surface area contributed by atoms with Gasteiger partial charge in [0.1, 0.15) is 5.75 Å². The molecule has 4 fully saturated rings. The lowest BCUT2D eigenvalue weighted by Crippen LogP contribution is -2.48. The Kier molecular flexibility index (Phi) is 5.40. The van der Waals surface area contributed by atoms with Gasteiger partial charge in [0.25, 0.3) is 0 Å². The Morgan fingerprint density at radius 3 is 2.06 bits per heavy atom. The number of carbonyl (C=O) groups is 1. The highest BCUT2D eigenvalue weighted by Crippen LogP contribution is 2.60. The maximum Gasteiger partial charge on any atom is 0.185 e. The summed E-state index contributed by atoms with van der Waals surface area (Å²) in [6.45, 7) is 0. The average Bonchev–Trinajstić information content (AvgIpc) is 2.87. The highest BCUT2D eigenvalue weighted by molar-refractivity contribution is 6.07. The van der Waals surface area contributed by atoms with Crippen molar-refractivity contribution in [2.45, 2.75) is 43.9 Å². The zero-order valence-corrected chi connectivity index (χ0v) is 19.9. The molecule has 3 aromatic carbocycles. The first-order valence-electron chi connectivity index (χ1n) is 12.7. The average molecular weight is 449 g/mol. The van der Waals surface area contributed by atoms with Gasteiger partial charge in [-0.15, -0.1) is 0 Å². The van der Waals surface area contributed by atoms with Crippen LogP contribution in [0.2, 0.25) is 0 Å². The first-order chi connectivity index (χ1) is 16.6. The molecule has 4 aliphatic rings. The molecule has 0 aromatic heterocycles. The summed E-state index contributed by atoms with van der Waals surface area (Å²) >= 11 is 0. The third-order valence-corrected chi connectivity index (χ3v) is 8.57. The van der Waals surface area contributed by atoms with Crippen molar-refractivity contribution in [1.82, 2.24) is 0 Å². The number of benzene rings is 3. The molecule has 0 N–H and O–H groups in total. The van der Waals surface area contributed by atoms with Crippen LogP contribution in [0.4, 0.5) is 0 Å². The predicted molar refractivity (Wildman–Crippen MR) is 138 cm³/mol. The van der Waals surface area contributed by atoms with E-state index in [2.05, 4.69) is 30.3 Å². The van der Waals surface area contributed by atoms with Crippen molar-refractivity contribution in [3.63, 3.8) is 0 Å². The van der Waals surface area contributed by atoms with E-state index in [1.165, 1.54) is 44.1 Å². The van der Waals surface area contributed by atoms with E-state index in [4.69, 9.17) is 4.74 Å². The van der Waals surface area contributed by atoms with Crippen LogP contribution in [-0.4, -0.2) is 12.9 Å². The molecule has 0 radical (unpaired) electrons. The van der Waals surface area contributed by atoms with E-state index in [0.717, 1.165) is 40.2 Å². The second-order valence-corrected chi connectivity index (χ2v) is 10.8. The van der Waals surface area contributed by atoms with Crippen LogP contribution < -0.4 is 4.74 Å². The highest BCUT2D eigenvalue weighted by Gasteiger charge is 2.51. The van der Waals surface area contributed by atoms with E-state index in [0.29, 0.717) is 11.0 Å². The van der Waals surface area contributed by atoms with Crippen molar-refractivity contribution in [2.75, 3.05) is 7.11 Å². The highest BCUT2D eigenvalue weighted by atomic mass is 16.5. The molecule has 0 atom stereocenters. The topological polar surface area (TPSA) is 26.3 Å². The van der Waals surface area contributed by atoms with Crippen LogP contribution in [0, 0.1) is 17.8 Å². The van der Waals surface area contributed by atoms with Gasteiger partial charge in [0.15, 0.2) is 5.78 Å². The molecule has 0 heterocycles. The molecule has 7 rings (SSSR count). The molecule has 4 aliphatic carbocycles. The number of methoxy groups -OCH3 is 1. The standard InChI is InChI=1S/C32H32O2/c1-34-31-14-12-29(32-19-22-15-23(20-32)17-24(16-22)21-32)18-28(31)11-13-30(33)27-9-7-26(8-10-27)25-5-3-2-4-6-25/h2-14,18,22-24H,15-17,19-21H2,1H3/b13-11+. The van der Waals surface area contributed by atoms with Gasteiger partial charge in [0, 0.05) is 11.1 Å². The number of hydrogen-bond donors (Lipinski definition) is 0. The van der Waals surface area contributed by atoms with Crippen molar-refractivity contribution >= 4 is 11.9 Å². The Balaban J connectivity index is 1.24. The molecule has 172 valence electrons. The molecule has 4 saturated carbocycles. The number of ether oxygens (including phenoxy) is 1. The fourth-order valence-corrected chi connectivity index (χ4v) is 7.38. The normalized spacial score (nSPS) is 27.3. The maximum absolute atomic E-state index is 12.9. The van der Waals surface area contributed by atoms with Crippen LogP contribution >= 0.6 is 0 Å². The quantitative estimate of drug-likeness (QED) is 0.285. The van der Waals surface area contributed by atoms with Gasteiger partial charge < -0.3 is 4.74 Å². The van der Waals surface area contributed by atoms with Crippen LogP contribution in [0.1, 0.15) is 60.0 Å². The second kappa shape index (κ2) is 8.58. The zero-order chi connectivity index (χ0) is 23.1. The zero-order valence-electron chi connectivity index (χ0n) is 19.9. The summed E-state index contributed by atoms with van der Waals surface area (Å²) in [6.07, 6.45) is 12.0. The summed E-state index contributed by atoms with van der Waals surface area (Å²) in [7, 11) is 1.71. The molecule has 0 saturated heterocycles. The first kappa shape index (κ1) is 21.4. The Labute approximate surface area is 202 Å². The lowest BCUT2D eigenvalue weighted by molar-refractivity contribution is -0.00521. The minimum Gasteiger partial charge on any atom is -0.496 e. The number of rotatable bonds is 6. The number of allylic oxidation sites excluding steroid dienone is 1. The van der Waals surface area contributed by atoms with E-state index in [1.807, 2.05) is 48.5 Å². The first-order valence-corrected chi connectivity index (χ1v) is 12.7. The van der Waals surface area contributed by atoms with Crippen LogP contribution in [0.5, 0.6) is 5.75 Å². The van der Waals surface area contributed by atoms with Gasteiger partial charge in [-0.3, -0.25) is 4.79 Å². The minimum absolute atomic E-state index is 0.0156. The van der Waals surface area contributed by atoms with Gasteiger partial charge in [-0.25, -0.2) is 0 Å². The number of carbonyl (C=O) groups excluding carboxylic acids is 1. The molecular formula is C32H32O2. The lowest BCUT2D eigenvalue weighted by Gasteiger charge is -2.57. The van der Waals surface area contributed by atoms with Crippen LogP contribution in [0.15, 0.2) is 78.9 Å². The summed E-state index contributed by atoms with van der Waals surface area (Å²) < 4.78 is 5.66. The monoisotopic (exact) mass is 448 g/mol. The second-order valence-electron chi connectivity index (χ2n) is 10.8. The summed E-state index contributed by atoms with van der Waals surface area (Å²) in [4.78, 5) is 12.9. The van der Waals surface area contributed by atoms with Crippen molar-refractivity contribution < 1.29 is 9.53 Å². The summed E-state index contributed by atoms with van der Waals surface area (Å²) in [6, 6.07) is 24.8. The smallest absolute Gasteiger partial charge is 0.185 e. The SMILES string of the molecule is COc1ccc(C23CC4CC(CC(C4)C2)C3)cc1/C=C/C(=O)c1ccc(-c2ccccc2)cc1. The largest absolute Gasteiger partial charge is 0.496 e. The van der Waals surface area contributed by atoms with Crippen molar-refractivity contribution in [3.05, 3.63) is 95.6 Å². The predicted octanol–water partition coefficient (Wildman–Crippen LogP) is 7.73. The van der Waals surface area contributed by atoms with E-state index in [-0.39, 0.29) is 5.78 Å². The van der Waals surface area contributed by atoms with Gasteiger partial charge in [-0.2, -0.15) is 0 Å². The Morgan fingerprint density at radius 2 is 1.44 bits per heavy atom. The molecule has 3 aromatic rings. The van der Waals surface area contributed by atoms with Crippen molar-refractivity contribution in [2.24, 2.45) is 17.8 Å².